The summed E-state index contributed by atoms with van der Waals surface area (Å²) >= 11 is 0. The fourth-order valence-corrected chi connectivity index (χ4v) is 2.67. The number of hydrogen-bond acceptors (Lipinski definition) is 5. The number of nitrogens with zero attached hydrogens (tertiary/aromatic N) is 1. The van der Waals surface area contributed by atoms with Gasteiger partial charge in [0, 0.05) is 23.2 Å². The number of hydrogen-bond donors (Lipinski definition) is 1. The summed E-state index contributed by atoms with van der Waals surface area (Å²) in [6, 6.07) is 16.5. The number of rotatable bonds is 6. The molecule has 0 fully saturated rings. The lowest BCUT2D eigenvalue weighted by molar-refractivity contribution is -0.148. The molecule has 1 aromatic heterocycles. The number of carbonyl (C=O) groups is 2. The molecule has 1 unspecified atom stereocenters. The minimum atomic E-state index is -0.965. The van der Waals surface area contributed by atoms with Crippen LogP contribution in [0.3, 0.4) is 0 Å². The number of nitrogens with one attached hydrogen (secondary N) is 1. The number of methoxy groups -OCH3 is 1. The average molecular weight is 376 g/mol. The number of aromatic nitrogens is 1. The van der Waals surface area contributed by atoms with E-state index in [2.05, 4.69) is 10.3 Å². The zero-order valence-electron chi connectivity index (χ0n) is 15.6. The van der Waals surface area contributed by atoms with Gasteiger partial charge in [-0.3, -0.25) is 9.78 Å². The monoisotopic (exact) mass is 376 g/mol. The fourth-order valence-electron chi connectivity index (χ4n) is 2.67. The minimum Gasteiger partial charge on any atom is -0.495 e. The Labute approximate surface area is 162 Å². The van der Waals surface area contributed by atoms with E-state index in [9.17, 15) is 9.59 Å². The van der Waals surface area contributed by atoms with Crippen molar-refractivity contribution < 1.29 is 19.1 Å². The Hall–Kier alpha value is -3.67. The molecule has 0 bridgehead atoms. The Bertz CT molecular complexity index is 1020. The second-order valence-corrected chi connectivity index (χ2v) is 6.02. The first-order valence-corrected chi connectivity index (χ1v) is 8.75. The summed E-state index contributed by atoms with van der Waals surface area (Å²) in [5.74, 6) is -0.536. The summed E-state index contributed by atoms with van der Waals surface area (Å²) in [7, 11) is 1.52. The molecule has 3 rings (SSSR count). The molecule has 0 saturated carbocycles. The van der Waals surface area contributed by atoms with Crippen molar-refractivity contribution >= 4 is 34.5 Å². The van der Waals surface area contributed by atoms with Crippen LogP contribution in [0, 0.1) is 0 Å². The van der Waals surface area contributed by atoms with Gasteiger partial charge >= 0.3 is 5.97 Å². The van der Waals surface area contributed by atoms with E-state index in [0.717, 1.165) is 16.5 Å². The molecule has 0 aliphatic rings. The van der Waals surface area contributed by atoms with Crippen LogP contribution in [-0.2, 0) is 14.3 Å². The van der Waals surface area contributed by atoms with Crippen molar-refractivity contribution in [2.75, 3.05) is 12.4 Å². The van der Waals surface area contributed by atoms with Crippen LogP contribution < -0.4 is 10.1 Å². The van der Waals surface area contributed by atoms with Crippen molar-refractivity contribution in [2.24, 2.45) is 0 Å². The predicted molar refractivity (Wildman–Crippen MR) is 108 cm³/mol. The molecule has 6 nitrogen and oxygen atoms in total. The molecule has 0 aliphatic carbocycles. The normalized spacial score (nSPS) is 11.9. The Morgan fingerprint density at radius 1 is 1.07 bits per heavy atom. The van der Waals surface area contributed by atoms with Gasteiger partial charge < -0.3 is 14.8 Å². The Morgan fingerprint density at radius 3 is 2.68 bits per heavy atom. The first-order valence-electron chi connectivity index (χ1n) is 8.75. The summed E-state index contributed by atoms with van der Waals surface area (Å²) in [5.41, 5.74) is 2.09. The lowest BCUT2D eigenvalue weighted by atomic mass is 10.1. The molecule has 0 radical (unpaired) electrons. The molecular weight excluding hydrogens is 356 g/mol. The third-order valence-corrected chi connectivity index (χ3v) is 4.09. The van der Waals surface area contributed by atoms with Gasteiger partial charge in [0.2, 0.25) is 0 Å². The topological polar surface area (TPSA) is 77.5 Å². The summed E-state index contributed by atoms with van der Waals surface area (Å²) in [4.78, 5) is 28.7. The van der Waals surface area contributed by atoms with Gasteiger partial charge in [0.15, 0.2) is 6.10 Å². The van der Waals surface area contributed by atoms with Gasteiger partial charge in [-0.1, -0.05) is 36.4 Å². The maximum absolute atomic E-state index is 12.3. The van der Waals surface area contributed by atoms with E-state index in [1.165, 1.54) is 20.1 Å². The standard InChI is InChI=1S/C22H20N2O4/c1-15(22(26)24-18-10-3-4-11-19(18)27-2)28-20(25)13-12-17-8-5-7-16-9-6-14-23-21(16)17/h3-15H,1-2H3,(H,24,26)/b13-12+. The molecule has 1 N–H and O–H groups in total. The van der Waals surface area contributed by atoms with Crippen molar-refractivity contribution in [3.05, 3.63) is 72.4 Å². The predicted octanol–water partition coefficient (Wildman–Crippen LogP) is 3.83. The summed E-state index contributed by atoms with van der Waals surface area (Å²) in [6.45, 7) is 1.51. The highest BCUT2D eigenvalue weighted by Gasteiger charge is 2.18. The van der Waals surface area contributed by atoms with E-state index >= 15 is 0 Å². The number of anilines is 1. The summed E-state index contributed by atoms with van der Waals surface area (Å²) in [5, 5.41) is 3.66. The van der Waals surface area contributed by atoms with Crippen LogP contribution in [0.25, 0.3) is 17.0 Å². The molecule has 1 amide bonds. The highest BCUT2D eigenvalue weighted by atomic mass is 16.5. The highest BCUT2D eigenvalue weighted by Crippen LogP contribution is 2.23. The zero-order chi connectivity index (χ0) is 19.9. The van der Waals surface area contributed by atoms with Crippen LogP contribution in [0.2, 0.25) is 0 Å². The molecule has 6 heteroatoms. The van der Waals surface area contributed by atoms with E-state index in [-0.39, 0.29) is 0 Å². The molecule has 0 saturated heterocycles. The van der Waals surface area contributed by atoms with Gasteiger partial charge in [-0.15, -0.1) is 0 Å². The van der Waals surface area contributed by atoms with Crippen LogP contribution in [0.15, 0.2) is 66.9 Å². The SMILES string of the molecule is COc1ccccc1NC(=O)C(C)OC(=O)/C=C/c1cccc2cccnc12. The highest BCUT2D eigenvalue weighted by molar-refractivity contribution is 5.98. The number of para-hydroxylation sites is 3. The first kappa shape index (κ1) is 19.1. The molecule has 0 aliphatic heterocycles. The maximum atomic E-state index is 12.3. The van der Waals surface area contributed by atoms with Gasteiger partial charge in [-0.2, -0.15) is 0 Å². The van der Waals surface area contributed by atoms with Gasteiger partial charge in [0.05, 0.1) is 18.3 Å². The molecule has 1 atom stereocenters. The van der Waals surface area contributed by atoms with Crippen molar-refractivity contribution in [3.63, 3.8) is 0 Å². The van der Waals surface area contributed by atoms with E-state index in [1.807, 2.05) is 30.3 Å². The molecule has 2 aromatic carbocycles. The number of benzene rings is 2. The van der Waals surface area contributed by atoms with Crippen LogP contribution in [0.5, 0.6) is 5.75 Å². The Balaban J connectivity index is 1.63. The largest absolute Gasteiger partial charge is 0.495 e. The molecule has 0 spiro atoms. The second-order valence-electron chi connectivity index (χ2n) is 6.02. The van der Waals surface area contributed by atoms with Crippen LogP contribution >= 0.6 is 0 Å². The van der Waals surface area contributed by atoms with E-state index < -0.39 is 18.0 Å². The van der Waals surface area contributed by atoms with Crippen molar-refractivity contribution in [1.29, 1.82) is 0 Å². The number of amides is 1. The third-order valence-electron chi connectivity index (χ3n) is 4.09. The number of pyridine rings is 1. The van der Waals surface area contributed by atoms with Gasteiger partial charge in [0.1, 0.15) is 5.75 Å². The van der Waals surface area contributed by atoms with Crippen LogP contribution in [-0.4, -0.2) is 30.1 Å². The number of ether oxygens (including phenoxy) is 2. The number of esters is 1. The second kappa shape index (κ2) is 8.81. The van der Waals surface area contributed by atoms with Crippen molar-refractivity contribution in [2.45, 2.75) is 13.0 Å². The lowest BCUT2D eigenvalue weighted by Gasteiger charge is -2.14. The third kappa shape index (κ3) is 4.54. The Morgan fingerprint density at radius 2 is 1.86 bits per heavy atom. The molecular formula is C22H20N2O4. The molecule has 3 aromatic rings. The Kier molecular flexibility index (Phi) is 6.01. The fraction of sp³-hybridized carbons (Fsp3) is 0.136. The molecule has 28 heavy (non-hydrogen) atoms. The number of carbonyl (C=O) groups excluding carboxylic acids is 2. The lowest BCUT2D eigenvalue weighted by Crippen LogP contribution is -2.29. The average Bonchev–Trinajstić information content (AvgIpc) is 2.72. The number of fused-ring (bicyclic) bond motifs is 1. The molecule has 1 heterocycles. The van der Waals surface area contributed by atoms with E-state index in [0.29, 0.717) is 11.4 Å². The summed E-state index contributed by atoms with van der Waals surface area (Å²) in [6.07, 6.45) is 3.65. The quantitative estimate of drug-likeness (QED) is 0.523. The van der Waals surface area contributed by atoms with E-state index in [1.54, 1.807) is 36.5 Å². The van der Waals surface area contributed by atoms with Crippen LogP contribution in [0.4, 0.5) is 5.69 Å². The van der Waals surface area contributed by atoms with E-state index in [4.69, 9.17) is 9.47 Å². The molecule has 142 valence electrons. The summed E-state index contributed by atoms with van der Waals surface area (Å²) < 4.78 is 10.4. The zero-order valence-corrected chi connectivity index (χ0v) is 15.6. The van der Waals surface area contributed by atoms with Crippen molar-refractivity contribution in [3.8, 4) is 5.75 Å². The smallest absolute Gasteiger partial charge is 0.331 e. The van der Waals surface area contributed by atoms with Crippen LogP contribution in [0.1, 0.15) is 12.5 Å². The minimum absolute atomic E-state index is 0.446. The van der Waals surface area contributed by atoms with Gasteiger partial charge in [-0.25, -0.2) is 4.79 Å². The van der Waals surface area contributed by atoms with Crippen molar-refractivity contribution in [1.82, 2.24) is 4.98 Å². The van der Waals surface area contributed by atoms with Gasteiger partial charge in [-0.05, 0) is 31.2 Å². The first-order chi connectivity index (χ1) is 13.6. The maximum Gasteiger partial charge on any atom is 0.331 e. The van der Waals surface area contributed by atoms with Gasteiger partial charge in [0.25, 0.3) is 5.91 Å².